The molecule has 3 nitrogen and oxygen atoms in total. The minimum Gasteiger partial charge on any atom is -0.341 e. The van der Waals surface area contributed by atoms with E-state index in [9.17, 15) is 4.79 Å². The Kier molecular flexibility index (Phi) is 15.4. The second kappa shape index (κ2) is 15.8. The third kappa shape index (κ3) is 14.1. The van der Waals surface area contributed by atoms with Gasteiger partial charge < -0.3 is 5.32 Å². The van der Waals surface area contributed by atoms with Crippen LogP contribution in [0.3, 0.4) is 0 Å². The van der Waals surface area contributed by atoms with Crippen LogP contribution < -0.4 is 10.6 Å². The molecule has 0 aromatic carbocycles. The molecule has 3 heteroatoms. The van der Waals surface area contributed by atoms with Gasteiger partial charge in [0, 0.05) is 6.42 Å². The van der Waals surface area contributed by atoms with E-state index in [1.165, 1.54) is 51.4 Å². The van der Waals surface area contributed by atoms with Crippen LogP contribution in [0.2, 0.25) is 0 Å². The molecule has 0 saturated heterocycles. The van der Waals surface area contributed by atoms with E-state index in [0.29, 0.717) is 6.42 Å². The minimum absolute atomic E-state index is 0.158. The van der Waals surface area contributed by atoms with Gasteiger partial charge in [0.25, 0.3) is 0 Å². The van der Waals surface area contributed by atoms with Gasteiger partial charge in [-0.25, -0.2) is 0 Å². The van der Waals surface area contributed by atoms with Crippen molar-refractivity contribution in [3.63, 3.8) is 0 Å². The number of nitrogens with one attached hydrogen (secondary N) is 2. The molecule has 1 atom stereocenters. The van der Waals surface area contributed by atoms with Crippen molar-refractivity contribution in [3.8, 4) is 0 Å². The van der Waals surface area contributed by atoms with Crippen LogP contribution in [0.15, 0.2) is 0 Å². The summed E-state index contributed by atoms with van der Waals surface area (Å²) in [7, 11) is 0. The van der Waals surface area contributed by atoms with Gasteiger partial charge in [-0.1, -0.05) is 78.6 Å². The average molecular weight is 299 g/mol. The first-order valence-corrected chi connectivity index (χ1v) is 9.27. The minimum atomic E-state index is 0.158. The van der Waals surface area contributed by atoms with E-state index in [-0.39, 0.29) is 12.1 Å². The zero-order valence-electron chi connectivity index (χ0n) is 14.7. The van der Waals surface area contributed by atoms with Crippen molar-refractivity contribution in [2.75, 3.05) is 6.54 Å². The summed E-state index contributed by atoms with van der Waals surface area (Å²) in [4.78, 5) is 11.9. The van der Waals surface area contributed by atoms with Crippen molar-refractivity contribution in [1.29, 1.82) is 0 Å². The maximum Gasteiger partial charge on any atom is 0.221 e. The number of unbranched alkanes of at least 4 members (excludes halogenated alkanes) is 8. The highest BCUT2D eigenvalue weighted by atomic mass is 16.1. The Hall–Kier alpha value is -0.570. The van der Waals surface area contributed by atoms with Crippen LogP contribution in [0.5, 0.6) is 0 Å². The van der Waals surface area contributed by atoms with Crippen LogP contribution in [0, 0.1) is 0 Å². The van der Waals surface area contributed by atoms with Crippen LogP contribution in [0.25, 0.3) is 0 Å². The Morgan fingerprint density at radius 1 is 0.810 bits per heavy atom. The summed E-state index contributed by atoms with van der Waals surface area (Å²) < 4.78 is 0. The summed E-state index contributed by atoms with van der Waals surface area (Å²) in [6, 6.07) is 0. The van der Waals surface area contributed by atoms with Crippen molar-refractivity contribution in [3.05, 3.63) is 0 Å². The lowest BCUT2D eigenvalue weighted by atomic mass is 10.1. The van der Waals surface area contributed by atoms with E-state index >= 15 is 0 Å². The molecular weight excluding hydrogens is 260 g/mol. The molecule has 0 rings (SSSR count). The maximum atomic E-state index is 11.9. The van der Waals surface area contributed by atoms with Crippen LogP contribution in [-0.2, 0) is 4.79 Å². The average Bonchev–Trinajstić information content (AvgIpc) is 2.46. The molecular formula is C18H38N2O. The van der Waals surface area contributed by atoms with Gasteiger partial charge >= 0.3 is 0 Å². The first-order valence-electron chi connectivity index (χ1n) is 9.27. The van der Waals surface area contributed by atoms with Gasteiger partial charge in [-0.05, 0) is 19.4 Å². The van der Waals surface area contributed by atoms with E-state index in [1.54, 1.807) is 0 Å². The number of hydrogen-bond donors (Lipinski definition) is 2. The fourth-order valence-corrected chi connectivity index (χ4v) is 2.62. The Balaban J connectivity index is 3.43. The molecule has 0 aliphatic rings. The van der Waals surface area contributed by atoms with Crippen molar-refractivity contribution >= 4 is 5.91 Å². The molecule has 1 amide bonds. The molecule has 0 aliphatic heterocycles. The molecule has 0 saturated carbocycles. The predicted octanol–water partition coefficient (Wildman–Crippen LogP) is 4.76. The Labute approximate surface area is 132 Å². The van der Waals surface area contributed by atoms with E-state index in [4.69, 9.17) is 0 Å². The highest BCUT2D eigenvalue weighted by molar-refractivity contribution is 5.76. The van der Waals surface area contributed by atoms with E-state index in [2.05, 4.69) is 31.4 Å². The Morgan fingerprint density at radius 2 is 1.38 bits per heavy atom. The third-order valence-electron chi connectivity index (χ3n) is 3.87. The molecule has 0 bridgehead atoms. The van der Waals surface area contributed by atoms with Crippen LogP contribution in [0.4, 0.5) is 0 Å². The molecule has 0 radical (unpaired) electrons. The molecule has 2 N–H and O–H groups in total. The van der Waals surface area contributed by atoms with Gasteiger partial charge in [0.2, 0.25) is 5.91 Å². The third-order valence-corrected chi connectivity index (χ3v) is 3.87. The normalized spacial score (nSPS) is 12.3. The number of carbonyl (C=O) groups is 1. The van der Waals surface area contributed by atoms with E-state index < -0.39 is 0 Å². The lowest BCUT2D eigenvalue weighted by Crippen LogP contribution is -2.45. The maximum absolute atomic E-state index is 11.9. The highest BCUT2D eigenvalue weighted by Gasteiger charge is 2.09. The lowest BCUT2D eigenvalue weighted by Gasteiger charge is -2.18. The number of rotatable bonds is 15. The molecule has 0 heterocycles. The first kappa shape index (κ1) is 20.4. The summed E-state index contributed by atoms with van der Waals surface area (Å²) in [5.41, 5.74) is 0. The van der Waals surface area contributed by atoms with Gasteiger partial charge in [-0.15, -0.1) is 0 Å². The second-order valence-corrected chi connectivity index (χ2v) is 6.04. The van der Waals surface area contributed by atoms with Crippen LogP contribution in [-0.4, -0.2) is 18.6 Å². The summed E-state index contributed by atoms with van der Waals surface area (Å²) in [5, 5.41) is 6.41. The highest BCUT2D eigenvalue weighted by Crippen LogP contribution is 2.10. The Bertz CT molecular complexity index is 225. The predicted molar refractivity (Wildman–Crippen MR) is 92.4 cm³/mol. The largest absolute Gasteiger partial charge is 0.341 e. The topological polar surface area (TPSA) is 41.1 Å². The molecule has 126 valence electrons. The lowest BCUT2D eigenvalue weighted by molar-refractivity contribution is -0.122. The first-order chi connectivity index (χ1) is 10.2. The zero-order valence-corrected chi connectivity index (χ0v) is 14.7. The molecule has 0 aliphatic carbocycles. The summed E-state index contributed by atoms with van der Waals surface area (Å²) in [6.07, 6.45) is 14.6. The summed E-state index contributed by atoms with van der Waals surface area (Å²) in [5.74, 6) is 0.206. The van der Waals surface area contributed by atoms with E-state index in [0.717, 1.165) is 25.8 Å². The fourth-order valence-electron chi connectivity index (χ4n) is 2.62. The SMILES string of the molecule is CCCCCCCCCCCC(=O)NC(CCC)NCC. The molecule has 0 spiro atoms. The molecule has 1 unspecified atom stereocenters. The van der Waals surface area contributed by atoms with Gasteiger partial charge in [0.1, 0.15) is 0 Å². The van der Waals surface area contributed by atoms with Gasteiger partial charge in [0.15, 0.2) is 0 Å². The van der Waals surface area contributed by atoms with Crippen molar-refractivity contribution < 1.29 is 4.79 Å². The Morgan fingerprint density at radius 3 is 1.90 bits per heavy atom. The molecule has 0 aromatic heterocycles. The van der Waals surface area contributed by atoms with Gasteiger partial charge in [0.05, 0.1) is 6.17 Å². The van der Waals surface area contributed by atoms with Gasteiger partial charge in [-0.3, -0.25) is 10.1 Å². The van der Waals surface area contributed by atoms with Crippen molar-refractivity contribution in [2.45, 2.75) is 104 Å². The fraction of sp³-hybridized carbons (Fsp3) is 0.944. The number of amides is 1. The molecule has 0 fully saturated rings. The number of hydrogen-bond acceptors (Lipinski definition) is 2. The summed E-state index contributed by atoms with van der Waals surface area (Å²) in [6.45, 7) is 7.39. The summed E-state index contributed by atoms with van der Waals surface area (Å²) >= 11 is 0. The second-order valence-electron chi connectivity index (χ2n) is 6.04. The standard InChI is InChI=1S/C18H38N2O/c1-4-7-8-9-10-11-12-13-14-16-18(21)20-17(15-5-2)19-6-3/h17,19H,4-16H2,1-3H3,(H,20,21). The van der Waals surface area contributed by atoms with E-state index in [1.807, 2.05) is 0 Å². The van der Waals surface area contributed by atoms with Crippen molar-refractivity contribution in [2.24, 2.45) is 0 Å². The van der Waals surface area contributed by atoms with Crippen LogP contribution >= 0.6 is 0 Å². The van der Waals surface area contributed by atoms with Crippen LogP contribution in [0.1, 0.15) is 97.8 Å². The quantitative estimate of drug-likeness (QED) is 0.338. The zero-order chi connectivity index (χ0) is 15.8. The smallest absolute Gasteiger partial charge is 0.221 e. The monoisotopic (exact) mass is 298 g/mol. The van der Waals surface area contributed by atoms with Gasteiger partial charge in [-0.2, -0.15) is 0 Å². The molecule has 21 heavy (non-hydrogen) atoms. The molecule has 0 aromatic rings. The van der Waals surface area contributed by atoms with Crippen molar-refractivity contribution in [1.82, 2.24) is 10.6 Å². The number of carbonyl (C=O) groups excluding carboxylic acids is 1.